The zero-order chi connectivity index (χ0) is 14.6. The Hall–Kier alpha value is -0.770. The smallest absolute Gasteiger partial charge is 0.0207 e. The lowest BCUT2D eigenvalue weighted by atomic mass is 9.95. The molecular weight excluding hydrogens is 254 g/mol. The van der Waals surface area contributed by atoms with Crippen molar-refractivity contribution in [2.24, 2.45) is 11.1 Å². The molecule has 0 saturated heterocycles. The Bertz CT molecular complexity index is 326. The predicted molar refractivity (Wildman–Crippen MR) is 87.5 cm³/mol. The van der Waals surface area contributed by atoms with Crippen LogP contribution < -0.4 is 5.73 Å². The van der Waals surface area contributed by atoms with Crippen LogP contribution in [0.1, 0.15) is 32.8 Å². The minimum atomic E-state index is 0.300. The molecule has 3 heteroatoms. The molecule has 1 aromatic rings. The Morgan fingerprint density at radius 2 is 1.84 bits per heavy atom. The molecule has 0 aliphatic carbocycles. The lowest BCUT2D eigenvalue weighted by Crippen LogP contribution is -1.98. The van der Waals surface area contributed by atoms with Gasteiger partial charge in [-0.1, -0.05) is 63.3 Å². The molecule has 0 aromatic heterocycles. The number of nitrogens with two attached hydrogens (primary N) is 1. The Balaban J connectivity index is 0.000000459. The van der Waals surface area contributed by atoms with Gasteiger partial charge in [-0.2, -0.15) is 0 Å². The molecule has 0 atom stereocenters. The fraction of sp³-hybridized carbons (Fsp3) is 0.500. The Morgan fingerprint density at radius 3 is 2.26 bits per heavy atom. The van der Waals surface area contributed by atoms with E-state index in [1.54, 1.807) is 0 Å². The first kappa shape index (κ1) is 18.2. The van der Waals surface area contributed by atoms with Crippen LogP contribution in [0.5, 0.6) is 0 Å². The fourth-order valence-corrected chi connectivity index (χ4v) is 1.61. The van der Waals surface area contributed by atoms with Crippen molar-refractivity contribution in [3.05, 3.63) is 48.0 Å². The number of hydrogen-bond donors (Lipinski definition) is 2. The van der Waals surface area contributed by atoms with Crippen LogP contribution in [0.2, 0.25) is 0 Å². The molecule has 1 rings (SSSR count). The topological polar surface area (TPSA) is 46.2 Å². The first-order chi connectivity index (χ1) is 8.99. The van der Waals surface area contributed by atoms with Crippen molar-refractivity contribution in [3.8, 4) is 0 Å². The maximum absolute atomic E-state index is 8.06. The molecular formula is C16H27NOS. The van der Waals surface area contributed by atoms with Crippen LogP contribution in [-0.2, 0) is 6.42 Å². The minimum Gasteiger partial charge on any atom is -0.330 e. The highest BCUT2D eigenvalue weighted by Crippen LogP contribution is 2.15. The van der Waals surface area contributed by atoms with E-state index in [2.05, 4.69) is 63.3 Å². The highest BCUT2D eigenvalue weighted by Gasteiger charge is 2.02. The molecule has 2 nitrogen and oxygen atoms in total. The van der Waals surface area contributed by atoms with Crippen LogP contribution in [0.4, 0.5) is 0 Å². The van der Waals surface area contributed by atoms with Crippen LogP contribution in [0.25, 0.3) is 0 Å². The molecule has 0 fully saturated rings. The molecule has 0 aliphatic heterocycles. The van der Waals surface area contributed by atoms with Crippen molar-refractivity contribution >= 4 is 12.0 Å². The fourth-order valence-electron chi connectivity index (χ4n) is 1.31. The lowest BCUT2D eigenvalue weighted by Gasteiger charge is -2.10. The molecule has 0 bridgehead atoms. The van der Waals surface area contributed by atoms with Crippen molar-refractivity contribution in [1.82, 2.24) is 0 Å². The van der Waals surface area contributed by atoms with Crippen molar-refractivity contribution in [1.29, 1.82) is 0 Å². The van der Waals surface area contributed by atoms with Crippen LogP contribution in [-0.4, -0.2) is 16.9 Å². The molecule has 0 heterocycles. The van der Waals surface area contributed by atoms with Gasteiger partial charge in [-0.05, 0) is 42.4 Å². The number of rotatable bonds is 5. The average Bonchev–Trinajstić information content (AvgIpc) is 2.37. The summed E-state index contributed by atoms with van der Waals surface area (Å²) in [7, 11) is 0. The third-order valence-corrected chi connectivity index (χ3v) is 2.73. The summed E-state index contributed by atoms with van der Waals surface area (Å²) in [6.45, 7) is 7.32. The molecule has 0 unspecified atom stereocenters. The maximum atomic E-state index is 8.06. The molecule has 19 heavy (non-hydrogen) atoms. The number of allylic oxidation sites excluding steroid dienone is 2. The van der Waals surface area contributed by atoms with Gasteiger partial charge >= 0.3 is 0 Å². The van der Waals surface area contributed by atoms with Gasteiger partial charge in [0, 0.05) is 5.75 Å². The van der Waals surface area contributed by atoms with Gasteiger partial charge in [0.05, 0.1) is 0 Å². The van der Waals surface area contributed by atoms with E-state index in [9.17, 15) is 0 Å². The summed E-state index contributed by atoms with van der Waals surface area (Å²) in [6, 6.07) is 10.5. The van der Waals surface area contributed by atoms with E-state index < -0.39 is 0 Å². The van der Waals surface area contributed by atoms with E-state index in [0.29, 0.717) is 12.0 Å². The van der Waals surface area contributed by atoms with Gasteiger partial charge in [-0.25, -0.2) is 0 Å². The SMILES string of the molecule is CC(C)(C)/C=C/Cc1ccccc1.NCCCSO. The summed E-state index contributed by atoms with van der Waals surface area (Å²) in [5.74, 6) is 0.760. The Kier molecular flexibility index (Phi) is 10.6. The van der Waals surface area contributed by atoms with Gasteiger partial charge in [0.25, 0.3) is 0 Å². The number of hydrogen-bond acceptors (Lipinski definition) is 3. The molecule has 0 spiro atoms. The lowest BCUT2D eigenvalue weighted by molar-refractivity contribution is 0.542. The van der Waals surface area contributed by atoms with E-state index in [-0.39, 0.29) is 0 Å². The van der Waals surface area contributed by atoms with Gasteiger partial charge in [0.2, 0.25) is 0 Å². The quantitative estimate of drug-likeness (QED) is 0.478. The van der Waals surface area contributed by atoms with Crippen LogP contribution in [0, 0.1) is 5.41 Å². The summed E-state index contributed by atoms with van der Waals surface area (Å²) >= 11 is 0.846. The van der Waals surface area contributed by atoms with Crippen molar-refractivity contribution in [2.75, 3.05) is 12.3 Å². The van der Waals surface area contributed by atoms with E-state index in [1.807, 2.05) is 0 Å². The predicted octanol–water partition coefficient (Wildman–Crippen LogP) is 4.37. The molecule has 1 aromatic carbocycles. The van der Waals surface area contributed by atoms with E-state index >= 15 is 0 Å². The maximum Gasteiger partial charge on any atom is 0.0207 e. The standard InChI is InChI=1S/C13H18.C3H9NOS/c1-13(2,3)11-7-10-12-8-5-4-6-9-12;4-2-1-3-6-5/h4-9,11H,10H2,1-3H3;5H,1-4H2/b11-7+;. The third kappa shape index (κ3) is 13.5. The van der Waals surface area contributed by atoms with Crippen LogP contribution in [0.3, 0.4) is 0 Å². The van der Waals surface area contributed by atoms with Gasteiger partial charge in [0.15, 0.2) is 0 Å². The Labute approximate surface area is 122 Å². The largest absolute Gasteiger partial charge is 0.330 e. The highest BCUT2D eigenvalue weighted by atomic mass is 32.2. The molecule has 0 saturated carbocycles. The summed E-state index contributed by atoms with van der Waals surface area (Å²) in [5.41, 5.74) is 6.77. The van der Waals surface area contributed by atoms with E-state index in [1.165, 1.54) is 5.56 Å². The van der Waals surface area contributed by atoms with Crippen LogP contribution >= 0.6 is 12.0 Å². The second-order valence-corrected chi connectivity index (χ2v) is 6.10. The molecule has 108 valence electrons. The summed E-state index contributed by atoms with van der Waals surface area (Å²) in [4.78, 5) is 0. The second kappa shape index (κ2) is 11.1. The second-order valence-electron chi connectivity index (χ2n) is 5.43. The van der Waals surface area contributed by atoms with Gasteiger partial charge in [-0.15, -0.1) is 0 Å². The first-order valence-electron chi connectivity index (χ1n) is 6.67. The number of benzene rings is 1. The normalized spacial score (nSPS) is 11.2. The summed E-state index contributed by atoms with van der Waals surface area (Å²) in [6.07, 6.45) is 6.45. The molecule has 0 radical (unpaired) electrons. The van der Waals surface area contributed by atoms with Crippen LogP contribution in [0.15, 0.2) is 42.5 Å². The van der Waals surface area contributed by atoms with Gasteiger partial charge in [-0.3, -0.25) is 0 Å². The van der Waals surface area contributed by atoms with Crippen molar-refractivity contribution < 1.29 is 4.55 Å². The first-order valence-corrected chi connectivity index (χ1v) is 7.62. The summed E-state index contributed by atoms with van der Waals surface area (Å²) in [5, 5.41) is 0. The molecule has 0 amide bonds. The summed E-state index contributed by atoms with van der Waals surface area (Å²) < 4.78 is 8.06. The van der Waals surface area contributed by atoms with Gasteiger partial charge in [0.1, 0.15) is 0 Å². The monoisotopic (exact) mass is 281 g/mol. The Morgan fingerprint density at radius 1 is 1.21 bits per heavy atom. The minimum absolute atomic E-state index is 0.300. The third-order valence-electron chi connectivity index (χ3n) is 2.25. The van der Waals surface area contributed by atoms with Crippen molar-refractivity contribution in [3.63, 3.8) is 0 Å². The van der Waals surface area contributed by atoms with Gasteiger partial charge < -0.3 is 10.3 Å². The van der Waals surface area contributed by atoms with Crippen molar-refractivity contribution in [2.45, 2.75) is 33.6 Å². The zero-order valence-corrected chi connectivity index (χ0v) is 13.1. The van der Waals surface area contributed by atoms with E-state index in [0.717, 1.165) is 30.6 Å². The molecule has 0 aliphatic rings. The zero-order valence-electron chi connectivity index (χ0n) is 12.3. The average molecular weight is 281 g/mol. The highest BCUT2D eigenvalue weighted by molar-refractivity contribution is 7.93. The molecule has 3 N–H and O–H groups in total. The van der Waals surface area contributed by atoms with E-state index in [4.69, 9.17) is 10.3 Å².